The second-order valence-corrected chi connectivity index (χ2v) is 10.7. The van der Waals surface area contributed by atoms with Gasteiger partial charge in [-0.1, -0.05) is 64.9 Å². The minimum atomic E-state index is -0.710. The van der Waals surface area contributed by atoms with Crippen LogP contribution in [0.2, 0.25) is 5.02 Å². The number of amidine groups is 1. The van der Waals surface area contributed by atoms with E-state index in [1.54, 1.807) is 31.2 Å². The molecule has 1 fully saturated rings. The zero-order valence-electron chi connectivity index (χ0n) is 21.2. The van der Waals surface area contributed by atoms with Crippen molar-refractivity contribution >= 4 is 51.7 Å². The molecule has 1 aromatic heterocycles. The fourth-order valence-electron chi connectivity index (χ4n) is 4.05. The van der Waals surface area contributed by atoms with E-state index in [9.17, 15) is 14.0 Å². The van der Waals surface area contributed by atoms with Crippen LogP contribution in [-0.2, 0) is 16.1 Å². The molecule has 1 aliphatic rings. The normalized spacial score (nSPS) is 16.2. The number of amides is 2. The number of hydrogen-bond donors (Lipinski definition) is 1. The first kappa shape index (κ1) is 26.6. The number of halogens is 2. The maximum atomic E-state index is 14.2. The molecule has 10 heteroatoms. The standard InChI is InChI=1S/C29H24ClFN4O3S/c1-17-11-12-19(13-23(17)31)32-29-35(16-20-14-25(38-34-20)21-8-4-5-9-22(21)30)28(37)26(39-29)15-27(36)33-24-10-6-3-7-18(24)2/h3-14,26H,15-16H2,1-2H3,(H,33,36). The second kappa shape index (κ2) is 11.4. The molecule has 1 unspecified atom stereocenters. The molecule has 39 heavy (non-hydrogen) atoms. The van der Waals surface area contributed by atoms with Crippen LogP contribution >= 0.6 is 23.4 Å². The van der Waals surface area contributed by atoms with Crippen molar-refractivity contribution in [1.29, 1.82) is 0 Å². The number of carbonyl (C=O) groups is 2. The van der Waals surface area contributed by atoms with Crippen molar-refractivity contribution in [2.24, 2.45) is 4.99 Å². The number of rotatable bonds is 7. The van der Waals surface area contributed by atoms with Crippen LogP contribution < -0.4 is 5.32 Å². The first-order chi connectivity index (χ1) is 18.8. The van der Waals surface area contributed by atoms with Crippen LogP contribution in [0.5, 0.6) is 0 Å². The average Bonchev–Trinajstić information content (AvgIpc) is 3.48. The van der Waals surface area contributed by atoms with Gasteiger partial charge in [-0.2, -0.15) is 0 Å². The van der Waals surface area contributed by atoms with Gasteiger partial charge in [-0.3, -0.25) is 14.5 Å². The Balaban J connectivity index is 1.40. The Morgan fingerprint density at radius 2 is 1.87 bits per heavy atom. The Hall–Kier alpha value is -3.95. The molecule has 0 aliphatic carbocycles. The van der Waals surface area contributed by atoms with Gasteiger partial charge in [0.2, 0.25) is 11.8 Å². The Labute approximate surface area is 234 Å². The highest BCUT2D eigenvalue weighted by Gasteiger charge is 2.39. The predicted octanol–water partition coefficient (Wildman–Crippen LogP) is 6.91. The van der Waals surface area contributed by atoms with Gasteiger partial charge in [0.05, 0.1) is 17.3 Å². The molecular weight excluding hydrogens is 539 g/mol. The first-order valence-corrected chi connectivity index (χ1v) is 13.4. The number of benzene rings is 3. The van der Waals surface area contributed by atoms with Gasteiger partial charge >= 0.3 is 0 Å². The molecule has 2 amide bonds. The van der Waals surface area contributed by atoms with Crippen molar-refractivity contribution in [2.75, 3.05) is 5.32 Å². The summed E-state index contributed by atoms with van der Waals surface area (Å²) in [5, 5.41) is 7.14. The molecule has 0 bridgehead atoms. The smallest absolute Gasteiger partial charge is 0.243 e. The lowest BCUT2D eigenvalue weighted by molar-refractivity contribution is -0.128. The van der Waals surface area contributed by atoms with E-state index >= 15 is 0 Å². The lowest BCUT2D eigenvalue weighted by Crippen LogP contribution is -2.33. The topological polar surface area (TPSA) is 87.8 Å². The van der Waals surface area contributed by atoms with Crippen LogP contribution in [0.25, 0.3) is 11.3 Å². The SMILES string of the molecule is Cc1ccc(N=C2SC(CC(=O)Nc3ccccc3C)C(=O)N2Cc2cc(-c3ccccc3Cl)on2)cc1F. The van der Waals surface area contributed by atoms with Gasteiger partial charge in [-0.05, 0) is 55.3 Å². The third-order valence-corrected chi connectivity index (χ3v) is 7.71. The summed E-state index contributed by atoms with van der Waals surface area (Å²) >= 11 is 7.45. The molecule has 5 rings (SSSR count). The first-order valence-electron chi connectivity index (χ1n) is 12.2. The van der Waals surface area contributed by atoms with Crippen molar-refractivity contribution in [2.45, 2.75) is 32.1 Å². The molecule has 1 saturated heterocycles. The molecule has 1 atom stereocenters. The maximum Gasteiger partial charge on any atom is 0.243 e. The molecule has 2 heterocycles. The zero-order chi connectivity index (χ0) is 27.5. The van der Waals surface area contributed by atoms with E-state index in [2.05, 4.69) is 15.5 Å². The number of nitrogens with zero attached hydrogens (tertiary/aromatic N) is 3. The molecule has 0 spiro atoms. The summed E-state index contributed by atoms with van der Waals surface area (Å²) in [6, 6.07) is 21.0. The number of hydrogen-bond acceptors (Lipinski definition) is 6. The Morgan fingerprint density at radius 3 is 2.64 bits per heavy atom. The summed E-state index contributed by atoms with van der Waals surface area (Å²) in [7, 11) is 0. The highest BCUT2D eigenvalue weighted by atomic mass is 35.5. The molecule has 1 aliphatic heterocycles. The average molecular weight is 563 g/mol. The van der Waals surface area contributed by atoms with Gasteiger partial charge in [0.15, 0.2) is 10.9 Å². The molecule has 4 aromatic rings. The Kier molecular flexibility index (Phi) is 7.81. The van der Waals surface area contributed by atoms with Crippen LogP contribution in [-0.4, -0.2) is 32.3 Å². The molecule has 3 aromatic carbocycles. The predicted molar refractivity (Wildman–Crippen MR) is 152 cm³/mol. The monoisotopic (exact) mass is 562 g/mol. The van der Waals surface area contributed by atoms with E-state index < -0.39 is 11.1 Å². The van der Waals surface area contributed by atoms with Crippen LogP contribution in [0.15, 0.2) is 82.3 Å². The number of thioether (sulfide) groups is 1. The van der Waals surface area contributed by atoms with Crippen molar-refractivity contribution in [1.82, 2.24) is 10.1 Å². The summed E-state index contributed by atoms with van der Waals surface area (Å²) in [6.45, 7) is 3.62. The number of aromatic nitrogens is 1. The largest absolute Gasteiger partial charge is 0.356 e. The highest BCUT2D eigenvalue weighted by molar-refractivity contribution is 8.15. The van der Waals surface area contributed by atoms with E-state index in [1.807, 2.05) is 49.4 Å². The van der Waals surface area contributed by atoms with Crippen molar-refractivity contribution in [3.8, 4) is 11.3 Å². The fourth-order valence-corrected chi connectivity index (χ4v) is 5.44. The lowest BCUT2D eigenvalue weighted by Gasteiger charge is -2.15. The third-order valence-electron chi connectivity index (χ3n) is 6.21. The van der Waals surface area contributed by atoms with Crippen LogP contribution in [0, 0.1) is 19.7 Å². The minimum absolute atomic E-state index is 0.0562. The van der Waals surface area contributed by atoms with Crippen LogP contribution in [0.3, 0.4) is 0 Å². The molecule has 0 radical (unpaired) electrons. The lowest BCUT2D eigenvalue weighted by atomic mass is 10.1. The van der Waals surface area contributed by atoms with Crippen LogP contribution in [0.1, 0.15) is 23.2 Å². The molecule has 1 N–H and O–H groups in total. The minimum Gasteiger partial charge on any atom is -0.356 e. The van der Waals surface area contributed by atoms with Crippen molar-refractivity contribution in [3.05, 3.63) is 100 Å². The zero-order valence-corrected chi connectivity index (χ0v) is 22.7. The number of anilines is 1. The summed E-state index contributed by atoms with van der Waals surface area (Å²) in [4.78, 5) is 32.4. The Morgan fingerprint density at radius 1 is 1.10 bits per heavy atom. The van der Waals surface area contributed by atoms with E-state index in [0.717, 1.165) is 17.3 Å². The number of aryl methyl sites for hydroxylation is 2. The summed E-state index contributed by atoms with van der Waals surface area (Å²) in [6.07, 6.45) is -0.0562. The fraction of sp³-hybridized carbons (Fsp3) is 0.172. The van der Waals surface area contributed by atoms with E-state index in [-0.39, 0.29) is 24.8 Å². The summed E-state index contributed by atoms with van der Waals surface area (Å²) in [5.74, 6) is -0.523. The number of para-hydroxylation sites is 1. The number of aliphatic imine (C=N–C) groups is 1. The van der Waals surface area contributed by atoms with Gasteiger partial charge in [-0.15, -0.1) is 0 Å². The molecule has 198 valence electrons. The number of nitrogens with one attached hydrogen (secondary N) is 1. The summed E-state index contributed by atoms with van der Waals surface area (Å²) < 4.78 is 19.7. The van der Waals surface area contributed by atoms with Crippen LogP contribution in [0.4, 0.5) is 15.8 Å². The molecule has 7 nitrogen and oxygen atoms in total. The highest BCUT2D eigenvalue weighted by Crippen LogP contribution is 2.34. The van der Waals surface area contributed by atoms with Gasteiger partial charge in [0, 0.05) is 23.7 Å². The van der Waals surface area contributed by atoms with Gasteiger partial charge in [-0.25, -0.2) is 9.38 Å². The van der Waals surface area contributed by atoms with E-state index in [1.165, 1.54) is 11.0 Å². The van der Waals surface area contributed by atoms with E-state index in [0.29, 0.717) is 44.1 Å². The second-order valence-electron chi connectivity index (χ2n) is 9.09. The van der Waals surface area contributed by atoms with Crippen molar-refractivity contribution < 1.29 is 18.5 Å². The van der Waals surface area contributed by atoms with Gasteiger partial charge in [0.1, 0.15) is 16.8 Å². The van der Waals surface area contributed by atoms with Gasteiger partial charge < -0.3 is 9.84 Å². The Bertz CT molecular complexity index is 1590. The van der Waals surface area contributed by atoms with Crippen molar-refractivity contribution in [3.63, 3.8) is 0 Å². The maximum absolute atomic E-state index is 14.2. The quantitative estimate of drug-likeness (QED) is 0.264. The number of carbonyl (C=O) groups excluding carboxylic acids is 2. The molecular formula is C29H24ClFN4O3S. The van der Waals surface area contributed by atoms with E-state index in [4.69, 9.17) is 16.1 Å². The molecule has 0 saturated carbocycles. The van der Waals surface area contributed by atoms with Gasteiger partial charge in [0.25, 0.3) is 0 Å². The summed E-state index contributed by atoms with van der Waals surface area (Å²) in [5.41, 5.74) is 3.61. The third kappa shape index (κ3) is 6.05.